The minimum atomic E-state index is -5.73. The van der Waals surface area contributed by atoms with Gasteiger partial charge in [0.25, 0.3) is 0 Å². The van der Waals surface area contributed by atoms with Gasteiger partial charge in [-0.1, -0.05) is 29.8 Å². The predicted octanol–water partition coefficient (Wildman–Crippen LogP) is 3.74. The number of aliphatic hydroxyl groups is 1. The number of fused-ring (bicyclic) bond motifs is 1. The zero-order valence-corrected chi connectivity index (χ0v) is 18.2. The first kappa shape index (κ1) is 23.2. The van der Waals surface area contributed by atoms with Crippen molar-refractivity contribution in [1.82, 2.24) is 15.2 Å². The molecule has 2 N–H and O–H groups in total. The van der Waals surface area contributed by atoms with Gasteiger partial charge < -0.3 is 9.84 Å². The van der Waals surface area contributed by atoms with Crippen LogP contribution in [0, 0.1) is 5.92 Å². The molecular formula is C20H16ClF3N4O4S. The molecule has 3 aromatic rings. The lowest BCUT2D eigenvalue weighted by atomic mass is 9.88. The van der Waals surface area contributed by atoms with E-state index in [4.69, 9.17) is 16.3 Å². The first-order chi connectivity index (χ1) is 15.5. The van der Waals surface area contributed by atoms with Crippen LogP contribution in [0.4, 0.5) is 19.0 Å². The van der Waals surface area contributed by atoms with E-state index in [2.05, 4.69) is 15.2 Å². The highest BCUT2D eigenvalue weighted by molar-refractivity contribution is 7.93. The van der Waals surface area contributed by atoms with Crippen molar-refractivity contribution in [2.45, 2.75) is 18.0 Å². The Morgan fingerprint density at radius 1 is 1.18 bits per heavy atom. The second-order valence-corrected chi connectivity index (χ2v) is 9.34. The summed E-state index contributed by atoms with van der Waals surface area (Å²) in [5.74, 6) is -0.611. The number of halogens is 4. The number of anilines is 1. The highest BCUT2D eigenvalue weighted by atomic mass is 35.5. The Morgan fingerprint density at radius 3 is 2.67 bits per heavy atom. The summed E-state index contributed by atoms with van der Waals surface area (Å²) in [5.41, 5.74) is -4.04. The van der Waals surface area contributed by atoms with E-state index in [-0.39, 0.29) is 28.8 Å². The van der Waals surface area contributed by atoms with E-state index >= 15 is 0 Å². The van der Waals surface area contributed by atoms with Gasteiger partial charge in [0.15, 0.2) is 11.0 Å². The van der Waals surface area contributed by atoms with E-state index < -0.39 is 27.5 Å². The summed E-state index contributed by atoms with van der Waals surface area (Å²) in [5, 5.41) is 17.6. The summed E-state index contributed by atoms with van der Waals surface area (Å²) in [4.78, 5) is 4.25. The van der Waals surface area contributed by atoms with Crippen LogP contribution in [0.15, 0.2) is 48.7 Å². The lowest BCUT2D eigenvalue weighted by Gasteiger charge is -2.30. The molecule has 1 aliphatic heterocycles. The molecule has 0 saturated carbocycles. The number of rotatable bonds is 5. The largest absolute Gasteiger partial charge is 0.516 e. The van der Waals surface area contributed by atoms with Crippen LogP contribution in [0.3, 0.4) is 0 Å². The first-order valence-electron chi connectivity index (χ1n) is 9.52. The molecule has 13 heteroatoms. The molecule has 1 aliphatic rings. The number of hydrogen-bond acceptors (Lipinski definition) is 7. The minimum Gasteiger partial charge on any atom is -0.493 e. The van der Waals surface area contributed by atoms with Crippen LogP contribution in [0.5, 0.6) is 5.75 Å². The fourth-order valence-electron chi connectivity index (χ4n) is 3.42. The van der Waals surface area contributed by atoms with Crippen molar-refractivity contribution in [2.24, 2.45) is 5.92 Å². The van der Waals surface area contributed by atoms with E-state index in [9.17, 15) is 26.7 Å². The maximum Gasteiger partial charge on any atom is 0.516 e. The second kappa shape index (κ2) is 8.76. The second-order valence-electron chi connectivity index (χ2n) is 7.27. The molecule has 3 heterocycles. The average molecular weight is 501 g/mol. The van der Waals surface area contributed by atoms with Crippen LogP contribution in [0.2, 0.25) is 5.15 Å². The molecule has 2 unspecified atom stereocenters. The van der Waals surface area contributed by atoms with Gasteiger partial charge in [-0.05, 0) is 36.2 Å². The Labute approximate surface area is 191 Å². The fourth-order valence-corrected chi connectivity index (χ4v) is 4.09. The zero-order chi connectivity index (χ0) is 23.8. The molecule has 1 aromatic carbocycles. The van der Waals surface area contributed by atoms with Gasteiger partial charge in [0.05, 0.1) is 12.7 Å². The molecule has 0 bridgehead atoms. The number of nitrogens with one attached hydrogen (secondary N) is 1. The molecule has 0 spiro atoms. The van der Waals surface area contributed by atoms with E-state index in [1.54, 1.807) is 18.3 Å². The zero-order valence-electron chi connectivity index (χ0n) is 16.6. The van der Waals surface area contributed by atoms with Crippen molar-refractivity contribution in [1.29, 1.82) is 0 Å². The number of hydrogen-bond donors (Lipinski definition) is 2. The summed E-state index contributed by atoms with van der Waals surface area (Å²) >= 11 is 5.84. The molecular weight excluding hydrogens is 485 g/mol. The van der Waals surface area contributed by atoms with Gasteiger partial charge in [-0.3, -0.25) is 9.71 Å². The Bertz CT molecular complexity index is 1280. The monoisotopic (exact) mass is 500 g/mol. The number of alkyl halides is 3. The lowest BCUT2D eigenvalue weighted by Crippen LogP contribution is -2.30. The maximum atomic E-state index is 12.8. The maximum absolute atomic E-state index is 12.8. The minimum absolute atomic E-state index is 0.0423. The Morgan fingerprint density at radius 2 is 1.97 bits per heavy atom. The van der Waals surface area contributed by atoms with Crippen LogP contribution >= 0.6 is 11.6 Å². The van der Waals surface area contributed by atoms with Gasteiger partial charge in [-0.2, -0.15) is 21.6 Å². The smallest absolute Gasteiger partial charge is 0.493 e. The lowest BCUT2D eigenvalue weighted by molar-refractivity contribution is -0.0429. The predicted molar refractivity (Wildman–Crippen MR) is 113 cm³/mol. The molecule has 2 aromatic heterocycles. The van der Waals surface area contributed by atoms with Gasteiger partial charge in [0, 0.05) is 28.9 Å². The van der Waals surface area contributed by atoms with Gasteiger partial charge in [0.2, 0.25) is 0 Å². The SMILES string of the molecule is O=S(=O)(Nc1nnc(Cl)cc1-c1ccc2c(c1)OCC(Cc1ccccn1)C2O)C(F)(F)F. The molecule has 0 aliphatic carbocycles. The number of aliphatic hydroxyl groups excluding tert-OH is 1. The quantitative estimate of drug-likeness (QED) is 0.548. The number of ether oxygens (including phenoxy) is 1. The van der Waals surface area contributed by atoms with Crippen LogP contribution < -0.4 is 9.46 Å². The molecule has 2 atom stereocenters. The van der Waals surface area contributed by atoms with Crippen LogP contribution in [-0.2, 0) is 16.4 Å². The van der Waals surface area contributed by atoms with Crippen LogP contribution in [-0.4, -0.2) is 40.8 Å². The topological polar surface area (TPSA) is 114 Å². The van der Waals surface area contributed by atoms with Crippen molar-refractivity contribution in [3.05, 3.63) is 65.1 Å². The molecule has 0 radical (unpaired) electrons. The molecule has 8 nitrogen and oxygen atoms in total. The molecule has 0 amide bonds. The van der Waals surface area contributed by atoms with Crippen molar-refractivity contribution in [2.75, 3.05) is 11.3 Å². The van der Waals surface area contributed by atoms with Crippen LogP contribution in [0.25, 0.3) is 11.1 Å². The number of aromatic nitrogens is 3. The van der Waals surface area contributed by atoms with Crippen molar-refractivity contribution in [3.8, 4) is 16.9 Å². The van der Waals surface area contributed by atoms with Gasteiger partial charge >= 0.3 is 15.5 Å². The number of benzene rings is 1. The summed E-state index contributed by atoms with van der Waals surface area (Å²) in [6.07, 6.45) is 1.27. The van der Waals surface area contributed by atoms with Crippen molar-refractivity contribution in [3.63, 3.8) is 0 Å². The Kier molecular flexibility index (Phi) is 6.16. The van der Waals surface area contributed by atoms with Gasteiger partial charge in [0.1, 0.15) is 5.75 Å². The van der Waals surface area contributed by atoms with E-state index in [0.717, 1.165) is 5.69 Å². The molecule has 33 heavy (non-hydrogen) atoms. The Hall–Kier alpha value is -2.96. The van der Waals surface area contributed by atoms with E-state index in [1.807, 2.05) is 12.1 Å². The molecule has 4 rings (SSSR count). The summed E-state index contributed by atoms with van der Waals surface area (Å²) in [7, 11) is -5.73. The highest BCUT2D eigenvalue weighted by Crippen LogP contribution is 2.40. The number of pyridine rings is 1. The summed E-state index contributed by atoms with van der Waals surface area (Å²) in [6.45, 7) is 0.178. The normalized spacial score (nSPS) is 18.3. The van der Waals surface area contributed by atoms with Gasteiger partial charge in [-0.25, -0.2) is 0 Å². The fraction of sp³-hybridized carbons (Fsp3) is 0.250. The Balaban J connectivity index is 1.65. The van der Waals surface area contributed by atoms with Crippen LogP contribution in [0.1, 0.15) is 17.4 Å². The van der Waals surface area contributed by atoms with E-state index in [0.29, 0.717) is 17.7 Å². The standard InChI is InChI=1S/C20H16ClF3N4O4S/c21-17-9-15(19(27-26-17)28-33(30,31)20(22,23)24)11-4-5-14-16(8-11)32-10-12(18(14)29)7-13-3-1-2-6-25-13/h1-6,8-9,12,18,29H,7,10H2,(H,27,28). The molecule has 174 valence electrons. The third-order valence-electron chi connectivity index (χ3n) is 5.04. The first-order valence-corrected chi connectivity index (χ1v) is 11.4. The van der Waals surface area contributed by atoms with Gasteiger partial charge in [-0.15, -0.1) is 10.2 Å². The third-order valence-corrected chi connectivity index (χ3v) is 6.30. The summed E-state index contributed by atoms with van der Waals surface area (Å²) in [6, 6.07) is 11.2. The number of sulfonamides is 1. The third kappa shape index (κ3) is 4.87. The highest BCUT2D eigenvalue weighted by Gasteiger charge is 2.46. The van der Waals surface area contributed by atoms with Crippen molar-refractivity contribution >= 4 is 27.4 Å². The molecule has 0 saturated heterocycles. The van der Waals surface area contributed by atoms with Crippen molar-refractivity contribution < 1.29 is 31.4 Å². The summed E-state index contributed by atoms with van der Waals surface area (Å²) < 4.78 is 68.7. The average Bonchev–Trinajstić information content (AvgIpc) is 2.76. The molecule has 0 fully saturated rings. The van der Waals surface area contributed by atoms with E-state index in [1.165, 1.54) is 22.9 Å². The number of nitrogens with zero attached hydrogens (tertiary/aromatic N) is 3.